The summed E-state index contributed by atoms with van der Waals surface area (Å²) >= 11 is 0. The Morgan fingerprint density at radius 3 is 2.76 bits per heavy atom. The van der Waals surface area contributed by atoms with Crippen molar-refractivity contribution < 1.29 is 14.3 Å². The first-order chi connectivity index (χ1) is 10.1. The van der Waals surface area contributed by atoms with Crippen LogP contribution in [0.1, 0.15) is 35.8 Å². The number of nitrogens with one attached hydrogen (secondary N) is 1. The number of aryl methyl sites for hydroxylation is 1. The molecule has 5 heteroatoms. The van der Waals surface area contributed by atoms with E-state index in [4.69, 9.17) is 9.52 Å². The average molecular weight is 288 g/mol. The molecule has 1 unspecified atom stereocenters. The van der Waals surface area contributed by atoms with Gasteiger partial charge in [0.25, 0.3) is 5.91 Å². The maximum atomic E-state index is 12.2. The van der Waals surface area contributed by atoms with E-state index in [2.05, 4.69) is 10.3 Å². The molecule has 1 heterocycles. The van der Waals surface area contributed by atoms with Crippen LogP contribution < -0.4 is 5.32 Å². The van der Waals surface area contributed by atoms with Crippen molar-refractivity contribution in [1.29, 1.82) is 0 Å². The summed E-state index contributed by atoms with van der Waals surface area (Å²) in [5.74, 6) is 0.214. The summed E-state index contributed by atoms with van der Waals surface area (Å²) in [4.78, 5) is 16.3. The van der Waals surface area contributed by atoms with Crippen LogP contribution in [0.4, 0.5) is 0 Å². The van der Waals surface area contributed by atoms with Gasteiger partial charge in [-0.05, 0) is 26.7 Å². The molecule has 0 aliphatic rings. The normalized spacial score (nSPS) is 12.1. The number of nitrogens with zero attached hydrogens (tertiary/aromatic N) is 1. The first-order valence-electron chi connectivity index (χ1n) is 7.04. The Morgan fingerprint density at radius 1 is 1.38 bits per heavy atom. The van der Waals surface area contributed by atoms with E-state index in [1.165, 1.54) is 6.39 Å². The van der Waals surface area contributed by atoms with Crippen molar-refractivity contribution in [1.82, 2.24) is 10.3 Å². The van der Waals surface area contributed by atoms with Crippen molar-refractivity contribution in [3.63, 3.8) is 0 Å². The second kappa shape index (κ2) is 7.04. The summed E-state index contributed by atoms with van der Waals surface area (Å²) in [5.41, 5.74) is 2.25. The van der Waals surface area contributed by atoms with Crippen LogP contribution in [0.15, 0.2) is 35.1 Å². The highest BCUT2D eigenvalue weighted by atomic mass is 16.3. The Balaban J connectivity index is 2.12. The van der Waals surface area contributed by atoms with Gasteiger partial charge in [0.05, 0.1) is 0 Å². The number of rotatable bonds is 6. The second-order valence-electron chi connectivity index (χ2n) is 5.14. The summed E-state index contributed by atoms with van der Waals surface area (Å²) in [6, 6.07) is 7.71. The number of hydrogen-bond acceptors (Lipinski definition) is 4. The molecule has 5 nitrogen and oxygen atoms in total. The molecule has 0 saturated carbocycles. The highest BCUT2D eigenvalue weighted by Gasteiger charge is 2.19. The van der Waals surface area contributed by atoms with Gasteiger partial charge in [0.1, 0.15) is 0 Å². The Bertz CT molecular complexity index is 590. The fourth-order valence-corrected chi connectivity index (χ4v) is 2.08. The number of hydrogen-bond donors (Lipinski definition) is 2. The first kappa shape index (κ1) is 15.3. The molecule has 0 radical (unpaired) electrons. The molecule has 112 valence electrons. The zero-order valence-electron chi connectivity index (χ0n) is 12.3. The minimum absolute atomic E-state index is 0.0211. The molecule has 1 aromatic carbocycles. The molecule has 0 bridgehead atoms. The standard InChI is InChI=1S/C16H20N2O3/c1-11-5-7-13(8-6-11)15-14(17-10-21-15)16(20)18-12(2)4-3-9-19/h5-8,10,12,19H,3-4,9H2,1-2H3,(H,18,20). The molecular formula is C16H20N2O3. The van der Waals surface area contributed by atoms with Gasteiger partial charge in [-0.2, -0.15) is 0 Å². The second-order valence-corrected chi connectivity index (χ2v) is 5.14. The van der Waals surface area contributed by atoms with E-state index in [1.54, 1.807) is 0 Å². The van der Waals surface area contributed by atoms with Gasteiger partial charge in [-0.1, -0.05) is 29.8 Å². The number of amides is 1. The summed E-state index contributed by atoms with van der Waals surface area (Å²) in [7, 11) is 0. The van der Waals surface area contributed by atoms with Crippen LogP contribution in [0.25, 0.3) is 11.3 Å². The van der Waals surface area contributed by atoms with Crippen LogP contribution in [0.2, 0.25) is 0 Å². The third-order valence-corrected chi connectivity index (χ3v) is 3.27. The lowest BCUT2D eigenvalue weighted by Crippen LogP contribution is -2.33. The lowest BCUT2D eigenvalue weighted by molar-refractivity contribution is 0.0932. The molecule has 0 saturated heterocycles. The summed E-state index contributed by atoms with van der Waals surface area (Å²) < 4.78 is 5.36. The summed E-state index contributed by atoms with van der Waals surface area (Å²) in [6.45, 7) is 4.03. The van der Waals surface area contributed by atoms with Crippen LogP contribution in [-0.4, -0.2) is 28.6 Å². The molecule has 0 fully saturated rings. The Hall–Kier alpha value is -2.14. The number of aromatic nitrogens is 1. The van der Waals surface area contributed by atoms with E-state index in [0.29, 0.717) is 12.2 Å². The molecule has 2 N–H and O–H groups in total. The number of benzene rings is 1. The number of carbonyl (C=O) groups is 1. The Morgan fingerprint density at radius 2 is 2.10 bits per heavy atom. The summed E-state index contributed by atoms with van der Waals surface area (Å²) in [6.07, 6.45) is 2.66. The van der Waals surface area contributed by atoms with Gasteiger partial charge in [0, 0.05) is 18.2 Å². The van der Waals surface area contributed by atoms with Crippen molar-refractivity contribution in [2.75, 3.05) is 6.61 Å². The first-order valence-corrected chi connectivity index (χ1v) is 7.04. The van der Waals surface area contributed by atoms with Crippen LogP contribution >= 0.6 is 0 Å². The van der Waals surface area contributed by atoms with E-state index in [-0.39, 0.29) is 24.2 Å². The molecular weight excluding hydrogens is 268 g/mol. The maximum absolute atomic E-state index is 12.2. The quantitative estimate of drug-likeness (QED) is 0.856. The monoisotopic (exact) mass is 288 g/mol. The van der Waals surface area contributed by atoms with Crippen molar-refractivity contribution in [3.05, 3.63) is 41.9 Å². The smallest absolute Gasteiger partial charge is 0.274 e. The maximum Gasteiger partial charge on any atom is 0.274 e. The fourth-order valence-electron chi connectivity index (χ4n) is 2.08. The molecule has 1 aromatic heterocycles. The van der Waals surface area contributed by atoms with Gasteiger partial charge in [-0.25, -0.2) is 4.98 Å². The van der Waals surface area contributed by atoms with Gasteiger partial charge in [-0.3, -0.25) is 4.79 Å². The lowest BCUT2D eigenvalue weighted by atomic mass is 10.1. The van der Waals surface area contributed by atoms with Gasteiger partial charge in [-0.15, -0.1) is 0 Å². The van der Waals surface area contributed by atoms with Crippen LogP contribution in [0.5, 0.6) is 0 Å². The van der Waals surface area contributed by atoms with Crippen LogP contribution in [0, 0.1) is 6.92 Å². The van der Waals surface area contributed by atoms with Gasteiger partial charge < -0.3 is 14.8 Å². The SMILES string of the molecule is Cc1ccc(-c2ocnc2C(=O)NC(C)CCCO)cc1. The number of carbonyl (C=O) groups excluding carboxylic acids is 1. The largest absolute Gasteiger partial charge is 0.443 e. The molecule has 0 spiro atoms. The third-order valence-electron chi connectivity index (χ3n) is 3.27. The van der Waals surface area contributed by atoms with Crippen molar-refractivity contribution in [3.8, 4) is 11.3 Å². The van der Waals surface area contributed by atoms with Gasteiger partial charge in [0.15, 0.2) is 17.8 Å². The summed E-state index contributed by atoms with van der Waals surface area (Å²) in [5, 5.41) is 11.7. The van der Waals surface area contributed by atoms with Crippen molar-refractivity contribution >= 4 is 5.91 Å². The molecule has 2 aromatic rings. The number of oxazole rings is 1. The van der Waals surface area contributed by atoms with Gasteiger partial charge in [0.2, 0.25) is 0 Å². The minimum Gasteiger partial charge on any atom is -0.443 e. The van der Waals surface area contributed by atoms with Crippen molar-refractivity contribution in [2.24, 2.45) is 0 Å². The topological polar surface area (TPSA) is 75.4 Å². The zero-order valence-corrected chi connectivity index (χ0v) is 12.3. The van der Waals surface area contributed by atoms with E-state index in [1.807, 2.05) is 38.1 Å². The van der Waals surface area contributed by atoms with Crippen LogP contribution in [-0.2, 0) is 0 Å². The molecule has 1 amide bonds. The van der Waals surface area contributed by atoms with Crippen molar-refractivity contribution in [2.45, 2.75) is 32.7 Å². The highest BCUT2D eigenvalue weighted by Crippen LogP contribution is 2.23. The molecule has 2 rings (SSSR count). The zero-order chi connectivity index (χ0) is 15.2. The number of aliphatic hydroxyl groups excluding tert-OH is 1. The van der Waals surface area contributed by atoms with E-state index in [0.717, 1.165) is 17.5 Å². The number of aliphatic hydroxyl groups is 1. The molecule has 0 aliphatic carbocycles. The van der Waals surface area contributed by atoms with E-state index < -0.39 is 0 Å². The average Bonchev–Trinajstić information content (AvgIpc) is 2.95. The lowest BCUT2D eigenvalue weighted by Gasteiger charge is -2.12. The molecule has 0 aliphatic heterocycles. The van der Waals surface area contributed by atoms with Gasteiger partial charge >= 0.3 is 0 Å². The fraction of sp³-hybridized carbons (Fsp3) is 0.375. The predicted octanol–water partition coefficient (Wildman–Crippen LogP) is 2.54. The minimum atomic E-state index is -0.259. The van der Waals surface area contributed by atoms with E-state index >= 15 is 0 Å². The molecule has 1 atom stereocenters. The Kier molecular flexibility index (Phi) is 5.11. The van der Waals surface area contributed by atoms with E-state index in [9.17, 15) is 4.79 Å². The predicted molar refractivity (Wildman–Crippen MR) is 79.9 cm³/mol. The molecule has 21 heavy (non-hydrogen) atoms. The highest BCUT2D eigenvalue weighted by molar-refractivity contribution is 5.97. The Labute approximate surface area is 124 Å². The third kappa shape index (κ3) is 3.92. The van der Waals surface area contributed by atoms with Crippen LogP contribution in [0.3, 0.4) is 0 Å².